The molecule has 0 amide bonds. The maximum absolute atomic E-state index is 3.75. The topological polar surface area (TPSA) is 12.0 Å². The molecule has 0 aromatic rings. The lowest BCUT2D eigenvalue weighted by atomic mass is 9.78. The highest BCUT2D eigenvalue weighted by molar-refractivity contribution is 4.77. The summed E-state index contributed by atoms with van der Waals surface area (Å²) in [5, 5.41) is 3.75. The SMILES string of the molecule is CCCNC(CCCC(C)C)CC(C)C(C)(C)C. The van der Waals surface area contributed by atoms with E-state index in [-0.39, 0.29) is 0 Å². The van der Waals surface area contributed by atoms with Crippen molar-refractivity contribution in [1.29, 1.82) is 0 Å². The monoisotopic (exact) mass is 255 g/mol. The molecular weight excluding hydrogens is 218 g/mol. The first kappa shape index (κ1) is 18.0. The quantitative estimate of drug-likeness (QED) is 0.593. The summed E-state index contributed by atoms with van der Waals surface area (Å²) in [7, 11) is 0. The van der Waals surface area contributed by atoms with Gasteiger partial charge in [-0.3, -0.25) is 0 Å². The third-order valence-electron chi connectivity index (χ3n) is 4.13. The third-order valence-corrected chi connectivity index (χ3v) is 4.13. The minimum Gasteiger partial charge on any atom is -0.314 e. The summed E-state index contributed by atoms with van der Waals surface area (Å²) >= 11 is 0. The molecular formula is C17H37N. The standard InChI is InChI=1S/C17H37N/c1-8-12-18-16(11-9-10-14(2)3)13-15(4)17(5,6)7/h14-16,18H,8-13H2,1-7H3. The first-order valence-electron chi connectivity index (χ1n) is 8.00. The predicted octanol–water partition coefficient (Wildman–Crippen LogP) is 5.25. The van der Waals surface area contributed by atoms with E-state index in [1.807, 2.05) is 0 Å². The Morgan fingerprint density at radius 1 is 1.00 bits per heavy atom. The fourth-order valence-corrected chi connectivity index (χ4v) is 2.20. The van der Waals surface area contributed by atoms with Gasteiger partial charge in [-0.25, -0.2) is 0 Å². The molecule has 0 rings (SSSR count). The highest BCUT2D eigenvalue weighted by Crippen LogP contribution is 2.30. The molecule has 0 aliphatic rings. The van der Waals surface area contributed by atoms with Gasteiger partial charge in [-0.05, 0) is 43.1 Å². The number of rotatable bonds is 9. The van der Waals surface area contributed by atoms with Crippen LogP contribution in [0, 0.1) is 17.3 Å². The van der Waals surface area contributed by atoms with Crippen molar-refractivity contribution in [2.24, 2.45) is 17.3 Å². The molecule has 0 aromatic heterocycles. The van der Waals surface area contributed by atoms with Gasteiger partial charge in [0.25, 0.3) is 0 Å². The Kier molecular flexibility index (Phi) is 8.94. The fraction of sp³-hybridized carbons (Fsp3) is 1.00. The van der Waals surface area contributed by atoms with Gasteiger partial charge in [0.05, 0.1) is 0 Å². The van der Waals surface area contributed by atoms with Gasteiger partial charge in [0, 0.05) is 6.04 Å². The first-order valence-corrected chi connectivity index (χ1v) is 8.00. The summed E-state index contributed by atoms with van der Waals surface area (Å²) in [6, 6.07) is 0.720. The summed E-state index contributed by atoms with van der Waals surface area (Å²) in [4.78, 5) is 0. The Morgan fingerprint density at radius 3 is 2.06 bits per heavy atom. The summed E-state index contributed by atoms with van der Waals surface area (Å²) in [6.07, 6.45) is 6.65. The molecule has 0 saturated heterocycles. The van der Waals surface area contributed by atoms with Crippen LogP contribution in [0.2, 0.25) is 0 Å². The Bertz CT molecular complexity index is 190. The van der Waals surface area contributed by atoms with E-state index in [1.54, 1.807) is 0 Å². The molecule has 1 heteroatoms. The highest BCUT2D eigenvalue weighted by Gasteiger charge is 2.23. The molecule has 18 heavy (non-hydrogen) atoms. The fourth-order valence-electron chi connectivity index (χ4n) is 2.20. The zero-order chi connectivity index (χ0) is 14.2. The summed E-state index contributed by atoms with van der Waals surface area (Å²) in [5.74, 6) is 1.63. The van der Waals surface area contributed by atoms with E-state index in [0.717, 1.165) is 17.9 Å². The summed E-state index contributed by atoms with van der Waals surface area (Å²) in [5.41, 5.74) is 0.435. The van der Waals surface area contributed by atoms with Gasteiger partial charge in [-0.1, -0.05) is 61.3 Å². The second kappa shape index (κ2) is 8.96. The molecule has 0 bridgehead atoms. The Hall–Kier alpha value is -0.0400. The Balaban J connectivity index is 4.13. The first-order chi connectivity index (χ1) is 8.27. The van der Waals surface area contributed by atoms with Crippen LogP contribution < -0.4 is 5.32 Å². The van der Waals surface area contributed by atoms with Crippen LogP contribution in [0.5, 0.6) is 0 Å². The van der Waals surface area contributed by atoms with E-state index in [2.05, 4.69) is 53.8 Å². The maximum atomic E-state index is 3.75. The van der Waals surface area contributed by atoms with Gasteiger partial charge in [-0.2, -0.15) is 0 Å². The van der Waals surface area contributed by atoms with Crippen molar-refractivity contribution in [2.75, 3.05) is 6.54 Å². The van der Waals surface area contributed by atoms with Crippen LogP contribution in [-0.4, -0.2) is 12.6 Å². The van der Waals surface area contributed by atoms with E-state index in [4.69, 9.17) is 0 Å². The molecule has 0 saturated carbocycles. The molecule has 0 aromatic carbocycles. The lowest BCUT2D eigenvalue weighted by molar-refractivity contribution is 0.217. The van der Waals surface area contributed by atoms with Crippen LogP contribution in [0.4, 0.5) is 0 Å². The van der Waals surface area contributed by atoms with Crippen molar-refractivity contribution in [1.82, 2.24) is 5.32 Å². The van der Waals surface area contributed by atoms with E-state index in [9.17, 15) is 0 Å². The number of hydrogen-bond donors (Lipinski definition) is 1. The molecule has 0 aliphatic carbocycles. The van der Waals surface area contributed by atoms with Crippen molar-refractivity contribution < 1.29 is 0 Å². The average molecular weight is 255 g/mol. The molecule has 2 atom stereocenters. The molecule has 0 spiro atoms. The highest BCUT2D eigenvalue weighted by atomic mass is 14.9. The van der Waals surface area contributed by atoms with Crippen LogP contribution in [0.1, 0.15) is 80.6 Å². The Morgan fingerprint density at radius 2 is 1.61 bits per heavy atom. The number of nitrogens with one attached hydrogen (secondary N) is 1. The van der Waals surface area contributed by atoms with Gasteiger partial charge in [0.15, 0.2) is 0 Å². The smallest absolute Gasteiger partial charge is 0.00697 e. The molecule has 0 fully saturated rings. The van der Waals surface area contributed by atoms with Crippen molar-refractivity contribution in [2.45, 2.75) is 86.6 Å². The van der Waals surface area contributed by atoms with Crippen molar-refractivity contribution in [3.8, 4) is 0 Å². The molecule has 0 aliphatic heterocycles. The second-order valence-corrected chi connectivity index (χ2v) is 7.48. The lowest BCUT2D eigenvalue weighted by Gasteiger charge is -2.31. The van der Waals surface area contributed by atoms with Crippen molar-refractivity contribution in [3.05, 3.63) is 0 Å². The van der Waals surface area contributed by atoms with E-state index < -0.39 is 0 Å². The van der Waals surface area contributed by atoms with Crippen LogP contribution in [0.3, 0.4) is 0 Å². The molecule has 1 N–H and O–H groups in total. The molecule has 0 heterocycles. The van der Waals surface area contributed by atoms with Gasteiger partial charge in [0.2, 0.25) is 0 Å². The Labute approximate surface area is 116 Å². The molecule has 110 valence electrons. The van der Waals surface area contributed by atoms with E-state index in [0.29, 0.717) is 5.41 Å². The zero-order valence-electron chi connectivity index (χ0n) is 14.0. The minimum atomic E-state index is 0.435. The third kappa shape index (κ3) is 8.97. The predicted molar refractivity (Wildman–Crippen MR) is 84.0 cm³/mol. The normalized spacial score (nSPS) is 16.0. The van der Waals surface area contributed by atoms with Crippen LogP contribution in [0.15, 0.2) is 0 Å². The van der Waals surface area contributed by atoms with Gasteiger partial charge in [0.1, 0.15) is 0 Å². The zero-order valence-corrected chi connectivity index (χ0v) is 14.0. The lowest BCUT2D eigenvalue weighted by Crippen LogP contribution is -2.34. The second-order valence-electron chi connectivity index (χ2n) is 7.48. The maximum Gasteiger partial charge on any atom is 0.00697 e. The van der Waals surface area contributed by atoms with Crippen LogP contribution in [-0.2, 0) is 0 Å². The molecule has 0 radical (unpaired) electrons. The van der Waals surface area contributed by atoms with E-state index in [1.165, 1.54) is 38.6 Å². The van der Waals surface area contributed by atoms with Gasteiger partial charge in [-0.15, -0.1) is 0 Å². The average Bonchev–Trinajstić information content (AvgIpc) is 2.23. The summed E-state index contributed by atoms with van der Waals surface area (Å²) in [6.45, 7) is 17.6. The molecule has 1 nitrogen and oxygen atoms in total. The number of hydrogen-bond acceptors (Lipinski definition) is 1. The molecule has 2 unspecified atom stereocenters. The minimum absolute atomic E-state index is 0.435. The largest absolute Gasteiger partial charge is 0.314 e. The van der Waals surface area contributed by atoms with E-state index >= 15 is 0 Å². The summed E-state index contributed by atoms with van der Waals surface area (Å²) < 4.78 is 0. The van der Waals surface area contributed by atoms with Crippen molar-refractivity contribution in [3.63, 3.8) is 0 Å². The van der Waals surface area contributed by atoms with Crippen molar-refractivity contribution >= 4 is 0 Å². The van der Waals surface area contributed by atoms with Crippen LogP contribution in [0.25, 0.3) is 0 Å². The van der Waals surface area contributed by atoms with Crippen LogP contribution >= 0.6 is 0 Å². The van der Waals surface area contributed by atoms with Gasteiger partial charge < -0.3 is 5.32 Å². The van der Waals surface area contributed by atoms with Gasteiger partial charge >= 0.3 is 0 Å².